The Labute approximate surface area is 291 Å². The van der Waals surface area contributed by atoms with E-state index in [4.69, 9.17) is 16.1 Å². The fraction of sp³-hybridized carbons (Fsp3) is 0.436. The van der Waals surface area contributed by atoms with E-state index in [-0.39, 0.29) is 62.8 Å². The number of ether oxygens (including phenoxy) is 1. The zero-order valence-electron chi connectivity index (χ0n) is 27.8. The number of anilines is 1. The molecule has 5 aliphatic rings. The minimum absolute atomic E-state index is 0.103. The minimum Gasteiger partial charge on any atom is -0.508 e. The number of terminal acetylenes is 1. The van der Waals surface area contributed by atoms with E-state index >= 15 is 22.0 Å². The van der Waals surface area contributed by atoms with E-state index < -0.39 is 40.3 Å². The molecule has 7 nitrogen and oxygen atoms in total. The van der Waals surface area contributed by atoms with E-state index in [1.165, 1.54) is 12.1 Å². The summed E-state index contributed by atoms with van der Waals surface area (Å²) in [6, 6.07) is 5.42. The van der Waals surface area contributed by atoms with Crippen LogP contribution in [0.4, 0.5) is 27.8 Å². The lowest BCUT2D eigenvalue weighted by Gasteiger charge is -2.42. The maximum Gasteiger partial charge on any atom is 0.417 e. The van der Waals surface area contributed by atoms with Crippen molar-refractivity contribution in [2.45, 2.75) is 68.2 Å². The van der Waals surface area contributed by atoms with Crippen LogP contribution in [0.25, 0.3) is 32.8 Å². The maximum atomic E-state index is 17.3. The molecule has 2 bridgehead atoms. The third kappa shape index (κ3) is 5.14. The van der Waals surface area contributed by atoms with Crippen LogP contribution >= 0.6 is 0 Å². The van der Waals surface area contributed by atoms with Crippen molar-refractivity contribution in [3.05, 3.63) is 65.2 Å². The number of rotatable bonds is 6. The van der Waals surface area contributed by atoms with Crippen LogP contribution in [0.15, 0.2) is 42.5 Å². The van der Waals surface area contributed by atoms with Crippen molar-refractivity contribution < 1.29 is 31.8 Å². The number of hydrogen-bond donors (Lipinski definition) is 2. The van der Waals surface area contributed by atoms with E-state index in [0.717, 1.165) is 81.8 Å². The second-order valence-corrected chi connectivity index (χ2v) is 15.2. The zero-order valence-corrected chi connectivity index (χ0v) is 27.8. The molecule has 9 rings (SSSR count). The monoisotopic (exact) mass is 701 g/mol. The van der Waals surface area contributed by atoms with Crippen LogP contribution in [0.1, 0.15) is 56.1 Å². The molecule has 4 aromatic rings. The van der Waals surface area contributed by atoms with E-state index in [1.54, 1.807) is 0 Å². The van der Waals surface area contributed by atoms with Gasteiger partial charge in [-0.05, 0) is 92.6 Å². The van der Waals surface area contributed by atoms with Gasteiger partial charge in [-0.2, -0.15) is 23.1 Å². The highest BCUT2D eigenvalue weighted by atomic mass is 19.4. The lowest BCUT2D eigenvalue weighted by Crippen LogP contribution is -2.61. The Morgan fingerprint density at radius 3 is 2.71 bits per heavy atom. The summed E-state index contributed by atoms with van der Waals surface area (Å²) >= 11 is 0. The van der Waals surface area contributed by atoms with Gasteiger partial charge >= 0.3 is 12.2 Å². The molecule has 2 N–H and O–H groups in total. The van der Waals surface area contributed by atoms with Crippen molar-refractivity contribution in [2.24, 2.45) is 5.92 Å². The van der Waals surface area contributed by atoms with Crippen molar-refractivity contribution in [1.82, 2.24) is 20.2 Å². The van der Waals surface area contributed by atoms with Crippen molar-refractivity contribution in [1.29, 1.82) is 0 Å². The van der Waals surface area contributed by atoms with Crippen LogP contribution in [0.3, 0.4) is 0 Å². The average molecular weight is 702 g/mol. The molecule has 12 heteroatoms. The number of nitrogens with one attached hydrogen (secondary N) is 1. The molecule has 5 heterocycles. The molecule has 3 atom stereocenters. The number of nitrogens with zero attached hydrogens (tertiary/aromatic N) is 4. The van der Waals surface area contributed by atoms with Gasteiger partial charge in [0.15, 0.2) is 5.82 Å². The predicted molar refractivity (Wildman–Crippen MR) is 184 cm³/mol. The third-order valence-corrected chi connectivity index (χ3v) is 11.9. The van der Waals surface area contributed by atoms with E-state index in [9.17, 15) is 5.11 Å². The summed E-state index contributed by atoms with van der Waals surface area (Å²) in [6.07, 6.45) is 7.20. The highest BCUT2D eigenvalue weighted by Gasteiger charge is 2.53. The largest absolute Gasteiger partial charge is 0.508 e. The second-order valence-electron chi connectivity index (χ2n) is 15.2. The van der Waals surface area contributed by atoms with Gasteiger partial charge in [-0.1, -0.05) is 24.1 Å². The molecule has 4 aliphatic heterocycles. The molecule has 1 aromatic heterocycles. The third-order valence-electron chi connectivity index (χ3n) is 11.9. The molecular weight excluding hydrogens is 665 g/mol. The fourth-order valence-corrected chi connectivity index (χ4v) is 9.56. The molecule has 0 radical (unpaired) electrons. The topological polar surface area (TPSA) is 73.8 Å². The molecule has 264 valence electrons. The van der Waals surface area contributed by atoms with E-state index in [0.29, 0.717) is 19.0 Å². The summed E-state index contributed by atoms with van der Waals surface area (Å²) < 4.78 is 84.2. The Morgan fingerprint density at radius 2 is 1.94 bits per heavy atom. The van der Waals surface area contributed by atoms with Gasteiger partial charge in [0.05, 0.1) is 16.7 Å². The molecule has 1 aliphatic carbocycles. The summed E-state index contributed by atoms with van der Waals surface area (Å²) in [4.78, 5) is 13.5. The molecule has 1 saturated carbocycles. The highest BCUT2D eigenvalue weighted by Crippen LogP contribution is 2.50. The Balaban J connectivity index is 1.27. The van der Waals surface area contributed by atoms with Crippen LogP contribution in [0.5, 0.6) is 11.8 Å². The van der Waals surface area contributed by atoms with Gasteiger partial charge in [-0.3, -0.25) is 4.90 Å². The van der Waals surface area contributed by atoms with Gasteiger partial charge in [0.1, 0.15) is 29.5 Å². The molecule has 4 saturated heterocycles. The normalized spacial score (nSPS) is 26.3. The Hall–Kier alpha value is -4.47. The van der Waals surface area contributed by atoms with Gasteiger partial charge in [-0.15, -0.1) is 6.42 Å². The second kappa shape index (κ2) is 11.3. The average Bonchev–Trinajstić information content (AvgIpc) is 3.73. The number of hydrogen-bond acceptors (Lipinski definition) is 7. The molecule has 0 unspecified atom stereocenters. The molecule has 51 heavy (non-hydrogen) atoms. The SMILES string of the molecule is C#Cc1c(F)ccc2cc(O)cc(-c3c(C(F)(F)F)cc4c(N5C[C@@H]6CC[C@](C7CC7)(C5)N6)nc(OC[C@@]56CCCN5CC(=C)C6)nc4c3F)c12. The van der Waals surface area contributed by atoms with Crippen LogP contribution < -0.4 is 15.0 Å². The van der Waals surface area contributed by atoms with Crippen molar-refractivity contribution in [3.63, 3.8) is 0 Å². The van der Waals surface area contributed by atoms with Crippen molar-refractivity contribution in [2.75, 3.05) is 37.7 Å². The maximum absolute atomic E-state index is 17.3. The number of aromatic hydroxyl groups is 1. The molecule has 3 aromatic carbocycles. The summed E-state index contributed by atoms with van der Waals surface area (Å²) in [6.45, 7) is 7.03. The van der Waals surface area contributed by atoms with Gasteiger partial charge < -0.3 is 20.1 Å². The quantitative estimate of drug-likeness (QED) is 0.124. The smallest absolute Gasteiger partial charge is 0.417 e. The minimum atomic E-state index is -5.06. The summed E-state index contributed by atoms with van der Waals surface area (Å²) in [7, 11) is 0. The number of fused-ring (bicyclic) bond motifs is 5. The first-order valence-corrected chi connectivity index (χ1v) is 17.5. The predicted octanol–water partition coefficient (Wildman–Crippen LogP) is 7.33. The Morgan fingerprint density at radius 1 is 1.12 bits per heavy atom. The van der Waals surface area contributed by atoms with Gasteiger partial charge in [0, 0.05) is 47.6 Å². The number of piperazine rings is 1. The molecule has 0 spiro atoms. The lowest BCUT2D eigenvalue weighted by molar-refractivity contribution is -0.137. The number of aromatic nitrogens is 2. The zero-order chi connectivity index (χ0) is 35.4. The van der Waals surface area contributed by atoms with Crippen molar-refractivity contribution in [3.8, 4) is 35.2 Å². The lowest BCUT2D eigenvalue weighted by atomic mass is 9.89. The Bertz CT molecular complexity index is 2200. The number of alkyl halides is 3. The van der Waals surface area contributed by atoms with Gasteiger partial charge in [0.25, 0.3) is 0 Å². The first-order chi connectivity index (χ1) is 24.4. The number of benzene rings is 3. The highest BCUT2D eigenvalue weighted by molar-refractivity contribution is 6.05. The molecule has 0 amide bonds. The standard InChI is InChI=1S/C39H36F5N5O2/c1-3-26-30(40)8-5-22-13-25(50)14-27(31(22)26)32-29(39(42,43)44)15-28-34(33(32)41)45-36(51-20-37-10-4-12-49(37)17-21(2)16-37)46-35(28)48-18-24-9-11-38(19-48,47-24)23-6-7-23/h1,5,8,13-15,23-24,47,50H,2,4,6-7,9-12,16-20H2/t24-,37-,38+/m0/s1. The Kier molecular flexibility index (Phi) is 7.16. The fourth-order valence-electron chi connectivity index (χ4n) is 9.56. The van der Waals surface area contributed by atoms with Crippen LogP contribution in [0.2, 0.25) is 0 Å². The van der Waals surface area contributed by atoms with Crippen LogP contribution in [0, 0.1) is 29.9 Å². The van der Waals surface area contributed by atoms with Gasteiger partial charge in [0.2, 0.25) is 0 Å². The molecular formula is C39H36F5N5O2. The van der Waals surface area contributed by atoms with Crippen molar-refractivity contribution >= 4 is 27.5 Å². The van der Waals surface area contributed by atoms with E-state index in [2.05, 4.69) is 27.7 Å². The summed E-state index contributed by atoms with van der Waals surface area (Å²) in [5.74, 6) is 0.251. The first-order valence-electron chi connectivity index (χ1n) is 17.5. The number of phenols is 1. The number of phenolic OH excluding ortho intramolecular Hbond substituents is 1. The first kappa shape index (κ1) is 32.4. The molecule has 5 fully saturated rings. The van der Waals surface area contributed by atoms with E-state index in [1.807, 2.05) is 4.90 Å². The number of halogens is 5. The van der Waals surface area contributed by atoms with Crippen LogP contribution in [-0.2, 0) is 6.18 Å². The van der Waals surface area contributed by atoms with Gasteiger partial charge in [-0.25, -0.2) is 8.78 Å². The summed E-state index contributed by atoms with van der Waals surface area (Å²) in [5.41, 5.74) is -2.72. The summed E-state index contributed by atoms with van der Waals surface area (Å²) in [5, 5.41) is 14.3. The van der Waals surface area contributed by atoms with Crippen LogP contribution in [-0.4, -0.2) is 69.9 Å².